The molecule has 0 bridgehead atoms. The highest BCUT2D eigenvalue weighted by Gasteiger charge is 2.50. The number of amidine groups is 1. The number of hydrogen-bond donors (Lipinski definition) is 2. The van der Waals surface area contributed by atoms with Crippen LogP contribution in [-0.2, 0) is 0 Å². The van der Waals surface area contributed by atoms with E-state index in [1.807, 2.05) is 0 Å². The van der Waals surface area contributed by atoms with Crippen LogP contribution in [0.25, 0.3) is 0 Å². The highest BCUT2D eigenvalue weighted by molar-refractivity contribution is 6.70. The van der Waals surface area contributed by atoms with Gasteiger partial charge in [-0.25, -0.2) is 20.0 Å². The van der Waals surface area contributed by atoms with Crippen molar-refractivity contribution in [3.05, 3.63) is 0 Å². The van der Waals surface area contributed by atoms with E-state index in [0.717, 1.165) is 0 Å². The lowest BCUT2D eigenvalue weighted by Crippen LogP contribution is -2.50. The van der Waals surface area contributed by atoms with Gasteiger partial charge in [-0.1, -0.05) is 0 Å². The van der Waals surface area contributed by atoms with Gasteiger partial charge >= 0.3 is 7.12 Å². The van der Waals surface area contributed by atoms with Crippen LogP contribution >= 0.6 is 11.6 Å². The number of nitrogens with zero attached hydrogens (tertiary/aromatic N) is 4. The van der Waals surface area contributed by atoms with Crippen LogP contribution in [0.1, 0.15) is 0 Å². The monoisotopic (exact) mass is 198 g/mol. The number of fused-ring (bicyclic) bond motifs is 1. The number of rotatable bonds is 1. The lowest BCUT2D eigenvalue weighted by molar-refractivity contribution is 0.376. The maximum Gasteiger partial charge on any atom is 0.512 e. The molecule has 2 heterocycles. The molecule has 0 aromatic carbocycles. The molecule has 8 heteroatoms. The average Bonchev–Trinajstić information content (AvgIpc) is 2.47. The molecular formula is C5H4BClN4O2. The quantitative estimate of drug-likeness (QED) is 0.412. The third kappa shape index (κ3) is 1.12. The Morgan fingerprint density at radius 3 is 2.92 bits per heavy atom. The van der Waals surface area contributed by atoms with Gasteiger partial charge in [-0.15, -0.1) is 0 Å². The van der Waals surface area contributed by atoms with Crippen molar-refractivity contribution in [3.8, 4) is 0 Å². The smallest absolute Gasteiger partial charge is 0.424 e. The zero-order valence-corrected chi connectivity index (χ0v) is 7.05. The van der Waals surface area contributed by atoms with Gasteiger partial charge in [0.15, 0.2) is 0 Å². The minimum atomic E-state index is -1.77. The summed E-state index contributed by atoms with van der Waals surface area (Å²) in [4.78, 5) is 14.9. The van der Waals surface area contributed by atoms with Gasteiger partial charge in [-0.3, -0.25) is 0 Å². The predicted molar refractivity (Wildman–Crippen MR) is 50.6 cm³/mol. The van der Waals surface area contributed by atoms with Gasteiger partial charge in [0.2, 0.25) is 10.9 Å². The summed E-state index contributed by atoms with van der Waals surface area (Å²) < 4.78 is 0. The van der Waals surface area contributed by atoms with Crippen LogP contribution in [-0.4, -0.2) is 46.3 Å². The summed E-state index contributed by atoms with van der Waals surface area (Å²) in [6, 6.07) is 0. The first-order valence-electron chi connectivity index (χ1n) is 3.43. The van der Waals surface area contributed by atoms with E-state index in [1.165, 1.54) is 12.6 Å². The molecule has 0 aromatic rings. The van der Waals surface area contributed by atoms with Crippen molar-refractivity contribution < 1.29 is 10.0 Å². The molecule has 0 aliphatic carbocycles. The van der Waals surface area contributed by atoms with E-state index in [0.29, 0.717) is 0 Å². The molecule has 0 amide bonds. The summed E-state index contributed by atoms with van der Waals surface area (Å²) in [6.07, 6.45) is 2.50. The van der Waals surface area contributed by atoms with E-state index in [1.54, 1.807) is 0 Å². The third-order valence-corrected chi connectivity index (χ3v) is 1.93. The van der Waals surface area contributed by atoms with E-state index in [2.05, 4.69) is 20.0 Å². The fourth-order valence-electron chi connectivity index (χ4n) is 1.10. The molecule has 0 saturated carbocycles. The Labute approximate surface area is 78.6 Å². The molecule has 0 fully saturated rings. The molecule has 0 aromatic heterocycles. The summed E-state index contributed by atoms with van der Waals surface area (Å²) in [6.45, 7) is 0. The molecule has 0 radical (unpaired) electrons. The molecule has 6 nitrogen and oxygen atoms in total. The van der Waals surface area contributed by atoms with Gasteiger partial charge in [0.05, 0.1) is 6.21 Å². The van der Waals surface area contributed by atoms with E-state index in [9.17, 15) is 0 Å². The van der Waals surface area contributed by atoms with Crippen molar-refractivity contribution in [3.63, 3.8) is 0 Å². The van der Waals surface area contributed by atoms with Crippen LogP contribution in [0.3, 0.4) is 0 Å². The maximum atomic E-state index is 9.09. The first-order chi connectivity index (χ1) is 6.15. The molecule has 2 aliphatic rings. The lowest BCUT2D eigenvalue weighted by Gasteiger charge is -2.22. The lowest BCUT2D eigenvalue weighted by atomic mass is 9.70. The second-order valence-corrected chi connectivity index (χ2v) is 2.84. The standard InChI is InChI=1S/C5H4BClN4O2/c7-4-8-1-3-5(11-4,6(12)13)10-2-9-3/h1-2,12-13H. The minimum absolute atomic E-state index is 0.0777. The van der Waals surface area contributed by atoms with E-state index >= 15 is 0 Å². The van der Waals surface area contributed by atoms with Crippen molar-refractivity contribution in [2.45, 2.75) is 5.56 Å². The zero-order chi connectivity index (χ0) is 9.47. The largest absolute Gasteiger partial charge is 0.512 e. The summed E-state index contributed by atoms with van der Waals surface area (Å²) in [5.41, 5.74) is -1.23. The summed E-state index contributed by atoms with van der Waals surface area (Å²) in [5, 5.41) is 18.1. The van der Waals surface area contributed by atoms with Crippen LogP contribution in [0.4, 0.5) is 0 Å². The van der Waals surface area contributed by atoms with Gasteiger partial charge in [0.1, 0.15) is 12.1 Å². The van der Waals surface area contributed by atoms with Crippen LogP contribution < -0.4 is 0 Å². The van der Waals surface area contributed by atoms with Crippen molar-refractivity contribution in [2.75, 3.05) is 0 Å². The fraction of sp³-hybridized carbons (Fsp3) is 0.200. The van der Waals surface area contributed by atoms with Crippen molar-refractivity contribution >= 4 is 42.3 Å². The molecule has 1 atom stereocenters. The zero-order valence-electron chi connectivity index (χ0n) is 6.29. The molecule has 2 aliphatic heterocycles. The predicted octanol–water partition coefficient (Wildman–Crippen LogP) is -1.14. The molecule has 1 unspecified atom stereocenters. The molecular weight excluding hydrogens is 194 g/mol. The Morgan fingerprint density at radius 1 is 1.46 bits per heavy atom. The highest BCUT2D eigenvalue weighted by atomic mass is 35.5. The number of halogens is 1. The number of hydrogen-bond acceptors (Lipinski definition) is 6. The molecule has 2 rings (SSSR count). The molecule has 2 N–H and O–H groups in total. The van der Waals surface area contributed by atoms with Crippen LogP contribution in [0.2, 0.25) is 0 Å². The second-order valence-electron chi connectivity index (χ2n) is 2.50. The molecule has 0 spiro atoms. The van der Waals surface area contributed by atoms with Crippen molar-refractivity contribution in [2.24, 2.45) is 20.0 Å². The SMILES string of the molecule is OB(O)C12N=CN=C1C=NC(Cl)=N2. The van der Waals surface area contributed by atoms with Crippen LogP contribution in [0, 0.1) is 0 Å². The Bertz CT molecular complexity index is 364. The normalized spacial score (nSPS) is 29.8. The summed E-state index contributed by atoms with van der Waals surface area (Å²) >= 11 is 5.52. The van der Waals surface area contributed by atoms with Gasteiger partial charge < -0.3 is 10.0 Å². The topological polar surface area (TPSA) is 89.9 Å². The van der Waals surface area contributed by atoms with Gasteiger partial charge in [-0.2, -0.15) is 0 Å². The Balaban J connectivity index is 2.51. The molecule has 13 heavy (non-hydrogen) atoms. The van der Waals surface area contributed by atoms with Gasteiger partial charge in [0.25, 0.3) is 0 Å². The van der Waals surface area contributed by atoms with Crippen LogP contribution in [0.15, 0.2) is 20.0 Å². The Hall–Kier alpha value is -1.05. The Morgan fingerprint density at radius 2 is 2.23 bits per heavy atom. The first-order valence-corrected chi connectivity index (χ1v) is 3.80. The van der Waals surface area contributed by atoms with Gasteiger partial charge in [-0.05, 0) is 11.6 Å². The van der Waals surface area contributed by atoms with Gasteiger partial charge in [0, 0.05) is 0 Å². The number of aliphatic imine (C=N–C) groups is 4. The molecule has 66 valence electrons. The van der Waals surface area contributed by atoms with Crippen molar-refractivity contribution in [1.82, 2.24) is 0 Å². The first kappa shape index (κ1) is 8.55. The fourth-order valence-corrected chi connectivity index (χ4v) is 1.27. The maximum absolute atomic E-state index is 9.09. The van der Waals surface area contributed by atoms with Crippen LogP contribution in [0.5, 0.6) is 0 Å². The third-order valence-electron chi connectivity index (χ3n) is 1.74. The second kappa shape index (κ2) is 2.73. The highest BCUT2D eigenvalue weighted by Crippen LogP contribution is 2.23. The summed E-state index contributed by atoms with van der Waals surface area (Å²) in [7, 11) is -1.77. The van der Waals surface area contributed by atoms with E-state index in [-0.39, 0.29) is 11.0 Å². The molecule has 0 saturated heterocycles. The van der Waals surface area contributed by atoms with E-state index < -0.39 is 12.7 Å². The van der Waals surface area contributed by atoms with Crippen molar-refractivity contribution in [1.29, 1.82) is 0 Å². The average molecular weight is 198 g/mol. The van der Waals surface area contributed by atoms with E-state index in [4.69, 9.17) is 21.6 Å². The summed E-state index contributed by atoms with van der Waals surface area (Å²) in [5.74, 6) is 0. The Kier molecular flexibility index (Phi) is 1.79. The minimum Gasteiger partial charge on any atom is -0.424 e.